The standard InChI is InChI=1S/C34H58N4.4HI/c1-35(23-27-37(3,28-24-35)31-33-17-11-9-12-18-33)21-15-7-5-6-8-16-22-36(2)25-29-38(4,30-26-36)32-34-19-13-10-14-20-34;;;;/h9-14,17-20H,5-8,15-16,21-32H2,1-4H3;4*1H/q+4;;;;/p-4. The molecule has 0 unspecified atom stereocenters. The molecule has 2 fully saturated rings. The molecule has 0 amide bonds. The van der Waals surface area contributed by atoms with Crippen LogP contribution in [0.15, 0.2) is 60.7 Å². The summed E-state index contributed by atoms with van der Waals surface area (Å²) in [4.78, 5) is 0. The first kappa shape index (κ1) is 43.2. The SMILES string of the molecule is C[N+]1(CCCCCCCC[N+]2(C)CC[N+](C)(Cc3ccccc3)CC2)CC[N+](C)(Cc2ccccc2)CC1.[I-].[I-].[I-].[I-]. The fraction of sp³-hybridized carbons (Fsp3) is 0.647. The van der Waals surface area contributed by atoms with Crippen LogP contribution in [0.3, 0.4) is 0 Å². The van der Waals surface area contributed by atoms with Gasteiger partial charge in [-0.1, -0.05) is 73.5 Å². The Bertz CT molecular complexity index is 881. The lowest BCUT2D eigenvalue weighted by Crippen LogP contribution is -3.00. The van der Waals surface area contributed by atoms with Gasteiger partial charge in [0.25, 0.3) is 0 Å². The van der Waals surface area contributed by atoms with E-state index in [9.17, 15) is 0 Å². The molecule has 2 aliphatic rings. The molecule has 2 saturated heterocycles. The van der Waals surface area contributed by atoms with Gasteiger partial charge in [-0.2, -0.15) is 0 Å². The minimum absolute atomic E-state index is 0. The molecule has 0 aromatic heterocycles. The lowest BCUT2D eigenvalue weighted by molar-refractivity contribution is -1.02. The zero-order valence-electron chi connectivity index (χ0n) is 26.8. The van der Waals surface area contributed by atoms with Crippen LogP contribution in [0, 0.1) is 0 Å². The number of likely N-dealkylation sites (N-methyl/N-ethyl adjacent to an activating group) is 4. The van der Waals surface area contributed by atoms with Gasteiger partial charge in [0.15, 0.2) is 0 Å². The number of nitrogens with zero attached hydrogens (tertiary/aromatic N) is 4. The summed E-state index contributed by atoms with van der Waals surface area (Å²) in [6.07, 6.45) is 8.51. The molecule has 0 bridgehead atoms. The van der Waals surface area contributed by atoms with Gasteiger partial charge in [-0.05, 0) is 25.7 Å². The quantitative estimate of drug-likeness (QED) is 0.107. The third-order valence-electron chi connectivity index (χ3n) is 10.2. The fourth-order valence-corrected chi connectivity index (χ4v) is 6.88. The maximum Gasteiger partial charge on any atom is 0.129 e. The van der Waals surface area contributed by atoms with E-state index < -0.39 is 0 Å². The van der Waals surface area contributed by atoms with E-state index >= 15 is 0 Å². The largest absolute Gasteiger partial charge is 1.00 e. The molecule has 0 saturated carbocycles. The van der Waals surface area contributed by atoms with E-state index in [1.54, 1.807) is 0 Å². The van der Waals surface area contributed by atoms with Crippen LogP contribution in [0.25, 0.3) is 0 Å². The number of halogens is 4. The van der Waals surface area contributed by atoms with Gasteiger partial charge in [-0.25, -0.2) is 0 Å². The summed E-state index contributed by atoms with van der Waals surface area (Å²) in [7, 11) is 9.95. The molecule has 0 spiro atoms. The number of benzene rings is 2. The van der Waals surface area contributed by atoms with Crippen LogP contribution >= 0.6 is 0 Å². The number of piperazine rings is 2. The summed E-state index contributed by atoms with van der Waals surface area (Å²) in [6.45, 7) is 15.7. The Morgan fingerprint density at radius 2 is 0.643 bits per heavy atom. The Balaban J connectivity index is 0.00000420. The van der Waals surface area contributed by atoms with Crippen LogP contribution in [0.4, 0.5) is 0 Å². The van der Waals surface area contributed by atoms with Crippen LogP contribution in [0.2, 0.25) is 0 Å². The maximum atomic E-state index is 2.51. The Morgan fingerprint density at radius 3 is 0.952 bits per heavy atom. The molecule has 8 heteroatoms. The Hall–Kier alpha value is 1.20. The maximum absolute atomic E-state index is 2.51. The lowest BCUT2D eigenvalue weighted by atomic mass is 10.1. The first-order valence-corrected chi connectivity index (χ1v) is 15.6. The summed E-state index contributed by atoms with van der Waals surface area (Å²) in [5.74, 6) is 0. The predicted octanol–water partition coefficient (Wildman–Crippen LogP) is -6.44. The molecule has 4 rings (SSSR count). The molecule has 242 valence electrons. The zero-order chi connectivity index (χ0) is 27.0. The number of rotatable bonds is 13. The second kappa shape index (κ2) is 20.4. The van der Waals surface area contributed by atoms with Gasteiger partial charge in [-0.3, -0.25) is 0 Å². The summed E-state index contributed by atoms with van der Waals surface area (Å²) >= 11 is 0. The smallest absolute Gasteiger partial charge is 0.129 e. The third kappa shape index (κ3) is 14.3. The zero-order valence-corrected chi connectivity index (χ0v) is 35.4. The van der Waals surface area contributed by atoms with E-state index in [-0.39, 0.29) is 95.9 Å². The fourth-order valence-electron chi connectivity index (χ4n) is 6.88. The van der Waals surface area contributed by atoms with Crippen molar-refractivity contribution in [3.05, 3.63) is 71.8 Å². The van der Waals surface area contributed by atoms with E-state index in [0.29, 0.717) is 0 Å². The molecule has 0 N–H and O–H groups in total. The van der Waals surface area contributed by atoms with E-state index in [1.165, 1.54) is 146 Å². The molecule has 2 aromatic carbocycles. The molecule has 2 heterocycles. The van der Waals surface area contributed by atoms with E-state index in [0.717, 1.165) is 0 Å². The van der Waals surface area contributed by atoms with Crippen molar-refractivity contribution in [3.8, 4) is 0 Å². The Morgan fingerprint density at radius 1 is 0.381 bits per heavy atom. The lowest BCUT2D eigenvalue weighted by Gasteiger charge is -2.46. The average Bonchev–Trinajstić information content (AvgIpc) is 2.91. The Labute approximate surface area is 327 Å². The summed E-state index contributed by atoms with van der Waals surface area (Å²) in [6, 6.07) is 22.2. The molecular formula is C34H58I4N4. The van der Waals surface area contributed by atoms with Gasteiger partial charge in [0.05, 0.1) is 41.3 Å². The van der Waals surface area contributed by atoms with Gasteiger partial charge >= 0.3 is 0 Å². The Kier molecular flexibility index (Phi) is 21.0. The van der Waals surface area contributed by atoms with Crippen molar-refractivity contribution >= 4 is 0 Å². The molecule has 42 heavy (non-hydrogen) atoms. The van der Waals surface area contributed by atoms with Crippen molar-refractivity contribution in [2.45, 2.75) is 51.6 Å². The van der Waals surface area contributed by atoms with Crippen molar-refractivity contribution < 1.29 is 114 Å². The number of quaternary nitrogens is 4. The highest BCUT2D eigenvalue weighted by Gasteiger charge is 2.37. The summed E-state index contributed by atoms with van der Waals surface area (Å²) in [5, 5.41) is 0. The summed E-state index contributed by atoms with van der Waals surface area (Å²) in [5.41, 5.74) is 2.98. The molecule has 0 aliphatic carbocycles. The predicted molar refractivity (Wildman–Crippen MR) is 161 cm³/mol. The van der Waals surface area contributed by atoms with Crippen LogP contribution < -0.4 is 95.9 Å². The molecule has 2 aliphatic heterocycles. The highest BCUT2D eigenvalue weighted by molar-refractivity contribution is 5.14. The average molecular weight is 1030 g/mol. The van der Waals surface area contributed by atoms with E-state index in [1.807, 2.05) is 0 Å². The van der Waals surface area contributed by atoms with Gasteiger partial charge in [0.1, 0.15) is 65.4 Å². The normalized spacial score (nSPS) is 28.8. The van der Waals surface area contributed by atoms with Crippen molar-refractivity contribution in [2.24, 2.45) is 0 Å². The van der Waals surface area contributed by atoms with Gasteiger partial charge in [-0.15, -0.1) is 0 Å². The van der Waals surface area contributed by atoms with Crippen LogP contribution in [-0.4, -0.2) is 112 Å². The molecule has 0 atom stereocenters. The van der Waals surface area contributed by atoms with Crippen molar-refractivity contribution in [3.63, 3.8) is 0 Å². The number of unbranched alkanes of at least 4 members (excludes halogenated alkanes) is 5. The van der Waals surface area contributed by atoms with Crippen LogP contribution in [-0.2, 0) is 13.1 Å². The second-order valence-electron chi connectivity index (χ2n) is 14.1. The highest BCUT2D eigenvalue weighted by atomic mass is 127. The molecule has 4 nitrogen and oxygen atoms in total. The van der Waals surface area contributed by atoms with Crippen molar-refractivity contribution in [1.29, 1.82) is 0 Å². The first-order chi connectivity index (χ1) is 18.2. The number of hydrogen-bond donors (Lipinski definition) is 0. The molecular weight excluding hydrogens is 972 g/mol. The third-order valence-corrected chi connectivity index (χ3v) is 10.2. The van der Waals surface area contributed by atoms with E-state index in [2.05, 4.69) is 88.9 Å². The monoisotopic (exact) mass is 1030 g/mol. The molecule has 0 radical (unpaired) electrons. The van der Waals surface area contributed by atoms with Crippen molar-refractivity contribution in [2.75, 3.05) is 93.6 Å². The van der Waals surface area contributed by atoms with Crippen LogP contribution in [0.5, 0.6) is 0 Å². The van der Waals surface area contributed by atoms with Gasteiger partial charge < -0.3 is 114 Å². The van der Waals surface area contributed by atoms with Crippen molar-refractivity contribution in [1.82, 2.24) is 0 Å². The minimum atomic E-state index is 0. The topological polar surface area (TPSA) is 0 Å². The van der Waals surface area contributed by atoms with E-state index in [4.69, 9.17) is 0 Å². The molecule has 2 aromatic rings. The summed E-state index contributed by atoms with van der Waals surface area (Å²) < 4.78 is 5.00. The van der Waals surface area contributed by atoms with Crippen LogP contribution in [0.1, 0.15) is 49.7 Å². The van der Waals surface area contributed by atoms with Gasteiger partial charge in [0.2, 0.25) is 0 Å². The van der Waals surface area contributed by atoms with Gasteiger partial charge in [0, 0.05) is 11.1 Å². The number of hydrogen-bond acceptors (Lipinski definition) is 0. The highest BCUT2D eigenvalue weighted by Crippen LogP contribution is 2.22. The second-order valence-corrected chi connectivity index (χ2v) is 14.1. The first-order valence-electron chi connectivity index (χ1n) is 15.6. The minimum Gasteiger partial charge on any atom is -1.00 e.